The van der Waals surface area contributed by atoms with Crippen LogP contribution in [0, 0.1) is 23.4 Å². The standard InChI is InChI=1S/C51H60F3N9O5/c1-3-36-39(52)7-5-31-23-34(64)25-37(44(31)36)46-45(54)47-38(26-55-46)48(63-17-4-16-51(2,67)29-63)59-50(58-47)68-35-15-22-62(28-35)33-13-18-60(19-14-33)27-30-11-20-61(21-12-30)42-9-6-32(24-40(42)53)56-41-8-10-43(65)57-49(41)66/h5-7,9,23-26,30,33,35,41,56,64,67H,3-4,8,10-22,27-29H2,1-2H3,(H,57,65,66)/t35?,41?,51-/m1/s1. The second-order valence-electron chi connectivity index (χ2n) is 19.8. The van der Waals surface area contributed by atoms with Crippen LogP contribution in [0.2, 0.25) is 0 Å². The minimum Gasteiger partial charge on any atom is -0.508 e. The maximum atomic E-state index is 17.1. The van der Waals surface area contributed by atoms with Crippen molar-refractivity contribution in [3.8, 4) is 23.0 Å². The lowest BCUT2D eigenvalue weighted by atomic mass is 9.94. The molecular weight excluding hydrogens is 876 g/mol. The molecule has 0 radical (unpaired) electrons. The van der Waals surface area contributed by atoms with Crippen molar-refractivity contribution < 1.29 is 37.7 Å². The summed E-state index contributed by atoms with van der Waals surface area (Å²) >= 11 is 0. The number of carbonyl (C=O) groups excluding carboxylic acids is 2. The number of piperidine rings is 4. The molecule has 5 aliphatic rings. The number of amides is 2. The third-order valence-electron chi connectivity index (χ3n) is 14.9. The summed E-state index contributed by atoms with van der Waals surface area (Å²) in [7, 11) is 0. The lowest BCUT2D eigenvalue weighted by Crippen LogP contribution is -2.47. The van der Waals surface area contributed by atoms with Crippen LogP contribution < -0.4 is 25.2 Å². The second-order valence-corrected chi connectivity index (χ2v) is 19.8. The molecule has 7 heterocycles. The summed E-state index contributed by atoms with van der Waals surface area (Å²) < 4.78 is 54.2. The number of aryl methyl sites for hydroxylation is 1. The van der Waals surface area contributed by atoms with E-state index in [4.69, 9.17) is 14.7 Å². The first-order valence-electron chi connectivity index (χ1n) is 24.3. The van der Waals surface area contributed by atoms with Gasteiger partial charge in [-0.3, -0.25) is 24.8 Å². The molecule has 68 heavy (non-hydrogen) atoms. The van der Waals surface area contributed by atoms with Gasteiger partial charge in [0.05, 0.1) is 16.7 Å². The van der Waals surface area contributed by atoms with Gasteiger partial charge in [-0.1, -0.05) is 13.0 Å². The normalized spacial score (nSPS) is 23.7. The fraction of sp³-hybridized carbons (Fsp3) is 0.510. The SMILES string of the molecule is CCc1c(F)ccc2cc(O)cc(-c3ncc4c(N5CCC[C@@](C)(O)C5)nc(OC5CCN(C6CCN(CC7CCN(c8ccc(NC9CCC(=O)NC9=O)cc8F)CC7)CC6)C5)nc4c3F)c12. The summed E-state index contributed by atoms with van der Waals surface area (Å²) in [6.45, 7) is 10.6. The van der Waals surface area contributed by atoms with Gasteiger partial charge in [0.15, 0.2) is 5.82 Å². The monoisotopic (exact) mass is 935 g/mol. The molecule has 2 amide bonds. The number of aromatic hydroxyl groups is 1. The predicted octanol–water partition coefficient (Wildman–Crippen LogP) is 6.93. The van der Waals surface area contributed by atoms with E-state index in [1.807, 2.05) is 11.8 Å². The molecule has 3 atom stereocenters. The maximum absolute atomic E-state index is 17.1. The highest BCUT2D eigenvalue weighted by Crippen LogP contribution is 2.40. The molecule has 0 bridgehead atoms. The number of aliphatic hydroxyl groups is 1. The number of nitrogens with one attached hydrogen (secondary N) is 2. The molecule has 360 valence electrons. The number of ether oxygens (including phenoxy) is 1. The van der Waals surface area contributed by atoms with E-state index in [1.165, 1.54) is 30.5 Å². The Hall–Kier alpha value is -5.78. The van der Waals surface area contributed by atoms with Gasteiger partial charge < -0.3 is 35.0 Å². The van der Waals surface area contributed by atoms with E-state index >= 15 is 13.2 Å². The number of carbonyl (C=O) groups is 2. The van der Waals surface area contributed by atoms with Crippen molar-refractivity contribution in [3.63, 3.8) is 0 Å². The van der Waals surface area contributed by atoms with Gasteiger partial charge in [-0.25, -0.2) is 13.2 Å². The number of aromatic nitrogens is 3. The molecule has 3 aromatic carbocycles. The number of pyridine rings is 1. The van der Waals surface area contributed by atoms with Crippen molar-refractivity contribution >= 4 is 50.7 Å². The number of hydrogen-bond acceptors (Lipinski definition) is 13. The molecular formula is C51H60F3N9O5. The zero-order valence-electron chi connectivity index (χ0n) is 38.7. The Kier molecular flexibility index (Phi) is 12.8. The molecule has 5 aliphatic heterocycles. The van der Waals surface area contributed by atoms with Crippen LogP contribution in [-0.4, -0.2) is 129 Å². The van der Waals surface area contributed by atoms with Crippen molar-refractivity contribution in [2.24, 2.45) is 5.92 Å². The van der Waals surface area contributed by atoms with Crippen molar-refractivity contribution in [2.45, 2.75) is 102 Å². The highest BCUT2D eigenvalue weighted by Gasteiger charge is 2.36. The molecule has 4 N–H and O–H groups in total. The van der Waals surface area contributed by atoms with Crippen molar-refractivity contribution in [1.82, 2.24) is 30.1 Å². The fourth-order valence-corrected chi connectivity index (χ4v) is 11.3. The number of anilines is 3. The van der Waals surface area contributed by atoms with Crippen molar-refractivity contribution in [2.75, 3.05) is 74.0 Å². The Morgan fingerprint density at radius 1 is 0.912 bits per heavy atom. The average molecular weight is 936 g/mol. The average Bonchev–Trinajstić information content (AvgIpc) is 3.78. The van der Waals surface area contributed by atoms with Crippen LogP contribution in [0.25, 0.3) is 32.9 Å². The number of β-amino-alcohol motifs (C(OH)–C–C–N with tert-alkyl or cyclic N) is 1. The predicted molar refractivity (Wildman–Crippen MR) is 255 cm³/mol. The molecule has 5 aromatic rings. The largest absolute Gasteiger partial charge is 0.508 e. The molecule has 14 nitrogen and oxygen atoms in total. The van der Waals surface area contributed by atoms with Crippen LogP contribution in [0.1, 0.15) is 77.2 Å². The van der Waals surface area contributed by atoms with Crippen LogP contribution in [0.15, 0.2) is 48.7 Å². The molecule has 0 saturated carbocycles. The third kappa shape index (κ3) is 9.48. The van der Waals surface area contributed by atoms with Gasteiger partial charge in [0.1, 0.15) is 46.6 Å². The number of benzene rings is 3. The number of hydrogen-bond donors (Lipinski definition) is 4. The minimum atomic E-state index is -0.973. The zero-order chi connectivity index (χ0) is 47.3. The summed E-state index contributed by atoms with van der Waals surface area (Å²) in [5.74, 6) is -1.29. The van der Waals surface area contributed by atoms with E-state index < -0.39 is 23.3 Å². The highest BCUT2D eigenvalue weighted by atomic mass is 19.1. The zero-order valence-corrected chi connectivity index (χ0v) is 38.7. The smallest absolute Gasteiger partial charge is 0.319 e. The van der Waals surface area contributed by atoms with E-state index in [1.54, 1.807) is 25.1 Å². The molecule has 5 fully saturated rings. The van der Waals surface area contributed by atoms with Crippen LogP contribution >= 0.6 is 0 Å². The Bertz CT molecular complexity index is 2730. The fourth-order valence-electron chi connectivity index (χ4n) is 11.3. The lowest BCUT2D eigenvalue weighted by molar-refractivity contribution is -0.133. The second kappa shape index (κ2) is 19.0. The van der Waals surface area contributed by atoms with Gasteiger partial charge in [0.2, 0.25) is 11.8 Å². The number of imide groups is 1. The minimum absolute atomic E-state index is 0.00135. The van der Waals surface area contributed by atoms with Crippen LogP contribution in [-0.2, 0) is 16.0 Å². The highest BCUT2D eigenvalue weighted by molar-refractivity contribution is 6.02. The molecule has 2 unspecified atom stereocenters. The number of fused-ring (bicyclic) bond motifs is 2. The summed E-state index contributed by atoms with van der Waals surface area (Å²) in [6, 6.07) is 10.8. The molecule has 17 heteroatoms. The van der Waals surface area contributed by atoms with E-state index in [2.05, 4.69) is 30.3 Å². The lowest BCUT2D eigenvalue weighted by Gasteiger charge is -2.40. The Morgan fingerprint density at radius 2 is 1.72 bits per heavy atom. The molecule has 0 aliphatic carbocycles. The third-order valence-corrected chi connectivity index (χ3v) is 14.9. The molecule has 5 saturated heterocycles. The van der Waals surface area contributed by atoms with E-state index in [0.717, 1.165) is 71.4 Å². The number of rotatable bonds is 11. The number of nitrogens with zero attached hydrogens (tertiary/aromatic N) is 7. The maximum Gasteiger partial charge on any atom is 0.319 e. The van der Waals surface area contributed by atoms with E-state index in [-0.39, 0.29) is 65.2 Å². The summed E-state index contributed by atoms with van der Waals surface area (Å²) in [5.41, 5.74) is 0.714. The number of phenols is 1. The first kappa shape index (κ1) is 46.0. The van der Waals surface area contributed by atoms with Gasteiger partial charge in [0.25, 0.3) is 0 Å². The van der Waals surface area contributed by atoms with Crippen LogP contribution in [0.3, 0.4) is 0 Å². The Balaban J connectivity index is 0.776. The van der Waals surface area contributed by atoms with Crippen molar-refractivity contribution in [1.29, 1.82) is 0 Å². The number of phenolic OH excluding ortho intramolecular Hbond substituents is 1. The summed E-state index contributed by atoms with van der Waals surface area (Å²) in [6.07, 6.45) is 8.42. The molecule has 10 rings (SSSR count). The van der Waals surface area contributed by atoms with Gasteiger partial charge in [-0.15, -0.1) is 0 Å². The number of halogens is 3. The van der Waals surface area contributed by atoms with Crippen molar-refractivity contribution in [3.05, 3.63) is 71.7 Å². The summed E-state index contributed by atoms with van der Waals surface area (Å²) in [5, 5.41) is 28.6. The first-order chi connectivity index (χ1) is 32.8. The van der Waals surface area contributed by atoms with E-state index in [0.29, 0.717) is 89.6 Å². The molecule has 0 spiro atoms. The van der Waals surface area contributed by atoms with E-state index in [9.17, 15) is 19.8 Å². The van der Waals surface area contributed by atoms with Crippen LogP contribution in [0.4, 0.5) is 30.4 Å². The van der Waals surface area contributed by atoms with Gasteiger partial charge >= 0.3 is 6.01 Å². The Labute approximate surface area is 393 Å². The Morgan fingerprint density at radius 3 is 2.47 bits per heavy atom. The quantitative estimate of drug-likeness (QED) is 0.101. The number of likely N-dealkylation sites (tertiary alicyclic amines) is 2. The first-order valence-corrected chi connectivity index (χ1v) is 24.3. The topological polar surface area (TPSA) is 160 Å². The summed E-state index contributed by atoms with van der Waals surface area (Å²) in [4.78, 5) is 46.9. The van der Waals surface area contributed by atoms with Gasteiger partial charge in [-0.05, 0) is 136 Å². The van der Waals surface area contributed by atoms with Gasteiger partial charge in [-0.2, -0.15) is 9.97 Å². The van der Waals surface area contributed by atoms with Gasteiger partial charge in [0, 0.05) is 75.7 Å². The molecule has 2 aromatic heterocycles. The van der Waals surface area contributed by atoms with Crippen LogP contribution in [0.5, 0.6) is 11.8 Å².